The first-order chi connectivity index (χ1) is 15.0. The molecule has 1 aliphatic heterocycles. The topological polar surface area (TPSA) is 95.1 Å². The molecule has 5 rings (SSSR count). The third-order valence-corrected chi connectivity index (χ3v) is 8.85. The van der Waals surface area contributed by atoms with E-state index in [0.717, 1.165) is 48.1 Å². The van der Waals surface area contributed by atoms with E-state index in [4.69, 9.17) is 0 Å². The molecule has 9 heteroatoms. The minimum absolute atomic E-state index is 0.227. The van der Waals surface area contributed by atoms with E-state index in [-0.39, 0.29) is 17.6 Å². The lowest BCUT2D eigenvalue weighted by molar-refractivity contribution is 0.258. The summed E-state index contributed by atoms with van der Waals surface area (Å²) in [4.78, 5) is 18.3. The van der Waals surface area contributed by atoms with E-state index in [0.29, 0.717) is 19.1 Å². The fourth-order valence-corrected chi connectivity index (χ4v) is 6.86. The van der Waals surface area contributed by atoms with Crippen molar-refractivity contribution in [2.45, 2.75) is 37.6 Å². The lowest BCUT2D eigenvalue weighted by Crippen LogP contribution is -2.50. The monoisotopic (exact) mass is 440 g/mol. The van der Waals surface area contributed by atoms with Crippen LogP contribution in [0.1, 0.15) is 37.2 Å². The first-order valence-corrected chi connectivity index (χ1v) is 12.5. The van der Waals surface area contributed by atoms with Crippen molar-refractivity contribution < 1.29 is 8.42 Å². The maximum atomic E-state index is 12.9. The van der Waals surface area contributed by atoms with Gasteiger partial charge in [-0.15, -0.1) is 0 Å². The molecule has 0 radical (unpaired) electrons. The van der Waals surface area contributed by atoms with Gasteiger partial charge in [-0.25, -0.2) is 22.7 Å². The summed E-state index contributed by atoms with van der Waals surface area (Å²) in [6, 6.07) is 6.31. The lowest BCUT2D eigenvalue weighted by atomic mass is 9.86. The SMILES string of the molecule is CN(c1ncnc2[nH]ccc12)C1CCC(CS(=O)(=O)N2CC(c3cccnc3)C2)CC1. The van der Waals surface area contributed by atoms with Crippen molar-refractivity contribution in [3.8, 4) is 0 Å². The molecule has 8 nitrogen and oxygen atoms in total. The Morgan fingerprint density at radius 3 is 2.71 bits per heavy atom. The normalized spacial score (nSPS) is 23.0. The molecule has 0 bridgehead atoms. The van der Waals surface area contributed by atoms with Crippen LogP contribution in [-0.2, 0) is 10.0 Å². The van der Waals surface area contributed by atoms with Crippen LogP contribution in [0.2, 0.25) is 0 Å². The molecule has 0 unspecified atom stereocenters. The van der Waals surface area contributed by atoms with Gasteiger partial charge in [0.15, 0.2) is 0 Å². The summed E-state index contributed by atoms with van der Waals surface area (Å²) in [5.74, 6) is 1.69. The van der Waals surface area contributed by atoms with Crippen LogP contribution >= 0.6 is 0 Å². The van der Waals surface area contributed by atoms with Crippen LogP contribution in [0.5, 0.6) is 0 Å². The summed E-state index contributed by atoms with van der Waals surface area (Å²) in [5.41, 5.74) is 1.97. The van der Waals surface area contributed by atoms with Crippen molar-refractivity contribution in [1.82, 2.24) is 24.2 Å². The van der Waals surface area contributed by atoms with Crippen molar-refractivity contribution in [2.24, 2.45) is 5.92 Å². The van der Waals surface area contributed by atoms with Gasteiger partial charge >= 0.3 is 0 Å². The first-order valence-electron chi connectivity index (χ1n) is 10.9. The molecule has 164 valence electrons. The number of hydrogen-bond acceptors (Lipinski definition) is 6. The zero-order valence-corrected chi connectivity index (χ0v) is 18.5. The van der Waals surface area contributed by atoms with Crippen LogP contribution in [0.4, 0.5) is 5.82 Å². The predicted molar refractivity (Wildman–Crippen MR) is 120 cm³/mol. The molecular formula is C22H28N6O2S. The molecule has 0 spiro atoms. The lowest BCUT2D eigenvalue weighted by Gasteiger charge is -2.40. The van der Waals surface area contributed by atoms with E-state index >= 15 is 0 Å². The van der Waals surface area contributed by atoms with E-state index in [2.05, 4.69) is 31.9 Å². The summed E-state index contributed by atoms with van der Waals surface area (Å²) < 4.78 is 27.4. The fraction of sp³-hybridized carbons (Fsp3) is 0.500. The number of pyridine rings is 1. The number of nitrogens with zero attached hydrogens (tertiary/aromatic N) is 5. The van der Waals surface area contributed by atoms with Crippen LogP contribution in [0, 0.1) is 5.92 Å². The van der Waals surface area contributed by atoms with Crippen LogP contribution in [0.15, 0.2) is 43.1 Å². The summed E-state index contributed by atoms with van der Waals surface area (Å²) >= 11 is 0. The molecule has 0 atom stereocenters. The van der Waals surface area contributed by atoms with E-state index in [9.17, 15) is 8.42 Å². The maximum absolute atomic E-state index is 12.9. The first kappa shape index (κ1) is 20.4. The van der Waals surface area contributed by atoms with Gasteiger partial charge < -0.3 is 9.88 Å². The van der Waals surface area contributed by atoms with Crippen molar-refractivity contribution in [2.75, 3.05) is 30.8 Å². The van der Waals surface area contributed by atoms with Gasteiger partial charge in [0.25, 0.3) is 0 Å². The summed E-state index contributed by atoms with van der Waals surface area (Å²) in [5, 5.41) is 1.02. The molecule has 1 aliphatic carbocycles. The average Bonchev–Trinajstić information content (AvgIpc) is 3.22. The Kier molecular flexibility index (Phi) is 5.39. The third-order valence-electron chi connectivity index (χ3n) is 6.87. The minimum atomic E-state index is -3.20. The standard InChI is InChI=1S/C22H28N6O2S/c1-27(22-20-8-10-24-21(20)25-15-26-22)19-6-4-16(5-7-19)14-31(29,30)28-12-18(13-28)17-3-2-9-23-11-17/h2-3,8-11,15-16,18-19H,4-7,12-14H2,1H3,(H,24,25,26). The molecule has 3 aromatic rings. The number of nitrogens with one attached hydrogen (secondary N) is 1. The second kappa shape index (κ2) is 8.20. The highest BCUT2D eigenvalue weighted by Crippen LogP contribution is 2.34. The van der Waals surface area contributed by atoms with Crippen LogP contribution in [-0.4, -0.2) is 64.6 Å². The van der Waals surface area contributed by atoms with Gasteiger partial charge in [-0.05, 0) is 49.3 Å². The Balaban J connectivity index is 1.15. The van der Waals surface area contributed by atoms with Crippen LogP contribution in [0.3, 0.4) is 0 Å². The van der Waals surface area contributed by atoms with Crippen molar-refractivity contribution in [3.63, 3.8) is 0 Å². The minimum Gasteiger partial charge on any atom is -0.356 e. The Hall–Kier alpha value is -2.52. The average molecular weight is 441 g/mol. The highest BCUT2D eigenvalue weighted by molar-refractivity contribution is 7.89. The number of H-pyrrole nitrogens is 1. The van der Waals surface area contributed by atoms with E-state index in [1.165, 1.54) is 0 Å². The quantitative estimate of drug-likeness (QED) is 0.633. The molecule has 0 amide bonds. The molecule has 31 heavy (non-hydrogen) atoms. The Bertz CT molecular complexity index is 1140. The largest absolute Gasteiger partial charge is 0.356 e. The number of hydrogen-bond donors (Lipinski definition) is 1. The fourth-order valence-electron chi connectivity index (χ4n) is 4.91. The van der Waals surface area contributed by atoms with Gasteiger partial charge in [0, 0.05) is 50.7 Å². The van der Waals surface area contributed by atoms with E-state index in [1.54, 1.807) is 16.8 Å². The number of aromatic amines is 1. The molecule has 2 aliphatic rings. The molecule has 2 fully saturated rings. The smallest absolute Gasteiger partial charge is 0.214 e. The molecule has 4 heterocycles. The number of anilines is 1. The molecule has 1 saturated heterocycles. The number of fused-ring (bicyclic) bond motifs is 1. The summed E-state index contributed by atoms with van der Waals surface area (Å²) in [6.07, 6.45) is 10.9. The maximum Gasteiger partial charge on any atom is 0.214 e. The number of sulfonamides is 1. The van der Waals surface area contributed by atoms with Gasteiger partial charge in [0.1, 0.15) is 17.8 Å². The van der Waals surface area contributed by atoms with E-state index < -0.39 is 10.0 Å². The molecule has 1 N–H and O–H groups in total. The Labute approximate surface area is 182 Å². The van der Waals surface area contributed by atoms with Gasteiger partial charge in [-0.3, -0.25) is 4.98 Å². The molecule has 1 saturated carbocycles. The molecular weight excluding hydrogens is 412 g/mol. The van der Waals surface area contributed by atoms with E-state index in [1.807, 2.05) is 30.6 Å². The third kappa shape index (κ3) is 4.04. The van der Waals surface area contributed by atoms with Crippen molar-refractivity contribution >= 4 is 26.9 Å². The van der Waals surface area contributed by atoms with Gasteiger partial charge in [-0.2, -0.15) is 0 Å². The molecule has 3 aromatic heterocycles. The summed E-state index contributed by atoms with van der Waals surface area (Å²) in [6.45, 7) is 1.15. The second-order valence-electron chi connectivity index (χ2n) is 8.80. The highest BCUT2D eigenvalue weighted by atomic mass is 32.2. The summed E-state index contributed by atoms with van der Waals surface area (Å²) in [7, 11) is -1.12. The molecule has 0 aromatic carbocycles. The van der Waals surface area contributed by atoms with Gasteiger partial charge in [0.05, 0.1) is 11.1 Å². The van der Waals surface area contributed by atoms with Crippen LogP contribution in [0.25, 0.3) is 11.0 Å². The van der Waals surface area contributed by atoms with Crippen LogP contribution < -0.4 is 4.90 Å². The predicted octanol–water partition coefficient (Wildman–Crippen LogP) is 2.78. The number of rotatable bonds is 6. The van der Waals surface area contributed by atoms with Crippen molar-refractivity contribution in [3.05, 3.63) is 48.7 Å². The zero-order chi connectivity index (χ0) is 21.4. The Morgan fingerprint density at radius 2 is 1.97 bits per heavy atom. The van der Waals surface area contributed by atoms with Crippen molar-refractivity contribution in [1.29, 1.82) is 0 Å². The highest BCUT2D eigenvalue weighted by Gasteiger charge is 2.38. The van der Waals surface area contributed by atoms with Gasteiger partial charge in [0.2, 0.25) is 10.0 Å². The zero-order valence-electron chi connectivity index (χ0n) is 17.7. The number of aromatic nitrogens is 4. The Morgan fingerprint density at radius 1 is 1.16 bits per heavy atom. The second-order valence-corrected chi connectivity index (χ2v) is 10.8. The van der Waals surface area contributed by atoms with Gasteiger partial charge in [-0.1, -0.05) is 6.07 Å².